The van der Waals surface area contributed by atoms with Crippen LogP contribution in [0.2, 0.25) is 0 Å². The molecule has 1 rings (SSSR count). The fourth-order valence-corrected chi connectivity index (χ4v) is 1.19. The molecule has 2 heteroatoms. The van der Waals surface area contributed by atoms with Gasteiger partial charge < -0.3 is 9.47 Å². The second-order valence-electron chi connectivity index (χ2n) is 4.04. The van der Waals surface area contributed by atoms with Crippen LogP contribution in [0.4, 0.5) is 0 Å². The van der Waals surface area contributed by atoms with Crippen LogP contribution in [-0.4, -0.2) is 13.2 Å². The number of benzene rings is 1. The molecule has 0 N–H and O–H groups in total. The molecule has 2 nitrogen and oxygen atoms in total. The van der Waals surface area contributed by atoms with E-state index in [0.29, 0.717) is 12.5 Å². The molecule has 0 spiro atoms. The third kappa shape index (κ3) is 4.87. The van der Waals surface area contributed by atoms with Gasteiger partial charge in [0.25, 0.3) is 0 Å². The van der Waals surface area contributed by atoms with E-state index >= 15 is 0 Å². The molecule has 0 aliphatic heterocycles. The molecule has 0 saturated carbocycles. The van der Waals surface area contributed by atoms with E-state index in [4.69, 9.17) is 9.47 Å². The predicted molar refractivity (Wildman–Crippen MR) is 67.4 cm³/mol. The maximum atomic E-state index is 5.64. The van der Waals surface area contributed by atoms with Crippen LogP contribution in [0.3, 0.4) is 0 Å². The molecule has 0 radical (unpaired) electrons. The Morgan fingerprint density at radius 2 is 2.12 bits per heavy atom. The Morgan fingerprint density at radius 1 is 1.31 bits per heavy atom. The molecule has 1 aromatic rings. The second kappa shape index (κ2) is 6.94. The Labute approximate surface area is 97.9 Å². The molecular formula is C14H20O2. The molecule has 88 valence electrons. The normalized spacial score (nSPS) is 11.0. The summed E-state index contributed by atoms with van der Waals surface area (Å²) in [5.41, 5.74) is 1.09. The van der Waals surface area contributed by atoms with Crippen LogP contribution in [-0.2, 0) is 4.74 Å². The van der Waals surface area contributed by atoms with E-state index in [9.17, 15) is 0 Å². The highest BCUT2D eigenvalue weighted by Gasteiger charge is 1.97. The van der Waals surface area contributed by atoms with Gasteiger partial charge >= 0.3 is 0 Å². The molecule has 1 aromatic carbocycles. The van der Waals surface area contributed by atoms with E-state index in [2.05, 4.69) is 13.8 Å². The summed E-state index contributed by atoms with van der Waals surface area (Å²) in [5, 5.41) is 0. The van der Waals surface area contributed by atoms with Gasteiger partial charge in [0.2, 0.25) is 0 Å². The van der Waals surface area contributed by atoms with Gasteiger partial charge in [-0.3, -0.25) is 0 Å². The van der Waals surface area contributed by atoms with E-state index in [1.807, 2.05) is 37.3 Å². The lowest BCUT2D eigenvalue weighted by atomic mass is 10.2. The van der Waals surface area contributed by atoms with Gasteiger partial charge in [-0.25, -0.2) is 0 Å². The highest BCUT2D eigenvalue weighted by molar-refractivity contribution is 5.50. The molecule has 0 bridgehead atoms. The van der Waals surface area contributed by atoms with Crippen molar-refractivity contribution in [3.8, 4) is 5.75 Å². The topological polar surface area (TPSA) is 18.5 Å². The van der Waals surface area contributed by atoms with Gasteiger partial charge in [0.15, 0.2) is 0 Å². The smallest absolute Gasteiger partial charge is 0.119 e. The van der Waals surface area contributed by atoms with Gasteiger partial charge in [-0.1, -0.05) is 26.0 Å². The summed E-state index contributed by atoms with van der Waals surface area (Å²) < 4.78 is 10.8. The molecule has 0 aliphatic rings. The summed E-state index contributed by atoms with van der Waals surface area (Å²) in [6.07, 6.45) is 3.65. The first-order valence-corrected chi connectivity index (χ1v) is 5.73. The molecule has 0 amide bonds. The average Bonchev–Trinajstić information content (AvgIpc) is 2.27. The maximum Gasteiger partial charge on any atom is 0.119 e. The van der Waals surface area contributed by atoms with E-state index < -0.39 is 0 Å². The Bertz CT molecular complexity index is 329. The minimum absolute atomic E-state index is 0.544. The van der Waals surface area contributed by atoms with Crippen LogP contribution in [0, 0.1) is 5.92 Å². The van der Waals surface area contributed by atoms with Crippen molar-refractivity contribution in [2.45, 2.75) is 20.8 Å². The first kappa shape index (κ1) is 12.6. The zero-order valence-corrected chi connectivity index (χ0v) is 10.3. The van der Waals surface area contributed by atoms with Crippen molar-refractivity contribution in [1.29, 1.82) is 0 Å². The van der Waals surface area contributed by atoms with E-state index in [0.717, 1.165) is 17.9 Å². The zero-order chi connectivity index (χ0) is 11.8. The number of hydrogen-bond donors (Lipinski definition) is 0. The Kier molecular flexibility index (Phi) is 5.48. The van der Waals surface area contributed by atoms with Crippen LogP contribution >= 0.6 is 0 Å². The molecular weight excluding hydrogens is 200 g/mol. The molecule has 0 aliphatic carbocycles. The van der Waals surface area contributed by atoms with Crippen molar-refractivity contribution in [3.63, 3.8) is 0 Å². The van der Waals surface area contributed by atoms with Crippen LogP contribution in [0.1, 0.15) is 26.3 Å². The maximum absolute atomic E-state index is 5.64. The predicted octanol–water partition coefficient (Wildman–Crippen LogP) is 3.73. The number of rotatable bonds is 6. The lowest BCUT2D eigenvalue weighted by Gasteiger charge is -2.08. The third-order valence-corrected chi connectivity index (χ3v) is 1.96. The SMILES string of the molecule is CCOC=Cc1cccc(OCC(C)C)c1. The zero-order valence-electron chi connectivity index (χ0n) is 10.3. The molecule has 0 unspecified atom stereocenters. The standard InChI is InChI=1S/C14H20O2/c1-4-15-9-8-13-6-5-7-14(10-13)16-11-12(2)3/h5-10,12H,4,11H2,1-3H3. The summed E-state index contributed by atoms with van der Waals surface area (Å²) >= 11 is 0. The summed E-state index contributed by atoms with van der Waals surface area (Å²) in [6.45, 7) is 7.68. The van der Waals surface area contributed by atoms with Crippen molar-refractivity contribution in [2.75, 3.05) is 13.2 Å². The third-order valence-electron chi connectivity index (χ3n) is 1.96. The van der Waals surface area contributed by atoms with Crippen molar-refractivity contribution in [2.24, 2.45) is 5.92 Å². The Hall–Kier alpha value is -1.44. The van der Waals surface area contributed by atoms with Crippen LogP contribution in [0.25, 0.3) is 6.08 Å². The van der Waals surface area contributed by atoms with Gasteiger partial charge in [-0.2, -0.15) is 0 Å². The molecule has 0 fully saturated rings. The first-order chi connectivity index (χ1) is 7.72. The van der Waals surface area contributed by atoms with Crippen LogP contribution < -0.4 is 4.74 Å². The van der Waals surface area contributed by atoms with E-state index in [1.54, 1.807) is 6.26 Å². The molecule has 0 heterocycles. The highest BCUT2D eigenvalue weighted by atomic mass is 16.5. The second-order valence-corrected chi connectivity index (χ2v) is 4.04. The lowest BCUT2D eigenvalue weighted by molar-refractivity contribution is 0.270. The largest absolute Gasteiger partial charge is 0.501 e. The highest BCUT2D eigenvalue weighted by Crippen LogP contribution is 2.15. The summed E-state index contributed by atoms with van der Waals surface area (Å²) in [5.74, 6) is 1.45. The van der Waals surface area contributed by atoms with Crippen LogP contribution in [0.5, 0.6) is 5.75 Å². The lowest BCUT2D eigenvalue weighted by Crippen LogP contribution is -2.04. The van der Waals surface area contributed by atoms with Crippen molar-refractivity contribution >= 4 is 6.08 Å². The molecule has 0 saturated heterocycles. The van der Waals surface area contributed by atoms with Gasteiger partial charge in [-0.15, -0.1) is 0 Å². The van der Waals surface area contributed by atoms with Crippen molar-refractivity contribution in [3.05, 3.63) is 36.1 Å². The van der Waals surface area contributed by atoms with Gasteiger partial charge in [-0.05, 0) is 36.6 Å². The quantitative estimate of drug-likeness (QED) is 0.680. The minimum Gasteiger partial charge on any atom is -0.501 e. The van der Waals surface area contributed by atoms with Gasteiger partial charge in [0.1, 0.15) is 5.75 Å². The Balaban J connectivity index is 2.56. The Morgan fingerprint density at radius 3 is 2.81 bits per heavy atom. The molecule has 0 atom stereocenters. The first-order valence-electron chi connectivity index (χ1n) is 5.73. The fraction of sp³-hybridized carbons (Fsp3) is 0.429. The van der Waals surface area contributed by atoms with Gasteiger partial charge in [0, 0.05) is 0 Å². The number of hydrogen-bond acceptors (Lipinski definition) is 2. The van der Waals surface area contributed by atoms with Crippen molar-refractivity contribution in [1.82, 2.24) is 0 Å². The van der Waals surface area contributed by atoms with E-state index in [1.165, 1.54) is 0 Å². The fourth-order valence-electron chi connectivity index (χ4n) is 1.19. The summed E-state index contributed by atoms with van der Waals surface area (Å²) in [6, 6.07) is 8.00. The van der Waals surface area contributed by atoms with E-state index in [-0.39, 0.29) is 0 Å². The van der Waals surface area contributed by atoms with Gasteiger partial charge in [0.05, 0.1) is 19.5 Å². The summed E-state index contributed by atoms with van der Waals surface area (Å²) in [4.78, 5) is 0. The molecule has 16 heavy (non-hydrogen) atoms. The molecule has 0 aromatic heterocycles. The summed E-state index contributed by atoms with van der Waals surface area (Å²) in [7, 11) is 0. The van der Waals surface area contributed by atoms with Crippen molar-refractivity contribution < 1.29 is 9.47 Å². The average molecular weight is 220 g/mol. The number of ether oxygens (including phenoxy) is 2. The van der Waals surface area contributed by atoms with Crippen LogP contribution in [0.15, 0.2) is 30.5 Å². The minimum atomic E-state index is 0.544. The monoisotopic (exact) mass is 220 g/mol.